The SMILES string of the molecule is O=C(NC1CC1)c1ccccc1NCC(=O)N1CCCCCCC1. The molecule has 1 aromatic carbocycles. The first kappa shape index (κ1) is 16.8. The van der Waals surface area contributed by atoms with E-state index in [4.69, 9.17) is 0 Å². The topological polar surface area (TPSA) is 61.4 Å². The molecule has 130 valence electrons. The largest absolute Gasteiger partial charge is 0.376 e. The molecule has 1 aliphatic carbocycles. The minimum Gasteiger partial charge on any atom is -0.376 e. The number of hydrogen-bond acceptors (Lipinski definition) is 3. The highest BCUT2D eigenvalue weighted by atomic mass is 16.2. The number of anilines is 1. The van der Waals surface area contributed by atoms with Gasteiger partial charge in [0.05, 0.1) is 12.1 Å². The average Bonchev–Trinajstić information content (AvgIpc) is 3.36. The molecule has 0 radical (unpaired) electrons. The van der Waals surface area contributed by atoms with Crippen LogP contribution in [0.1, 0.15) is 55.3 Å². The minimum absolute atomic E-state index is 0.0562. The zero-order valence-electron chi connectivity index (χ0n) is 14.2. The molecule has 2 fully saturated rings. The fraction of sp³-hybridized carbons (Fsp3) is 0.579. The summed E-state index contributed by atoms with van der Waals surface area (Å²) in [4.78, 5) is 26.7. The van der Waals surface area contributed by atoms with Crippen molar-refractivity contribution in [2.75, 3.05) is 25.0 Å². The van der Waals surface area contributed by atoms with Crippen molar-refractivity contribution in [2.24, 2.45) is 0 Å². The summed E-state index contributed by atoms with van der Waals surface area (Å²) in [5, 5.41) is 6.17. The summed E-state index contributed by atoms with van der Waals surface area (Å²) in [6, 6.07) is 7.74. The molecule has 0 bridgehead atoms. The fourth-order valence-electron chi connectivity index (χ4n) is 3.11. The van der Waals surface area contributed by atoms with Gasteiger partial charge >= 0.3 is 0 Å². The first-order valence-electron chi connectivity index (χ1n) is 9.15. The molecule has 1 heterocycles. The molecule has 0 unspecified atom stereocenters. The van der Waals surface area contributed by atoms with Gasteiger partial charge in [-0.25, -0.2) is 0 Å². The fourth-order valence-corrected chi connectivity index (χ4v) is 3.11. The maximum Gasteiger partial charge on any atom is 0.253 e. The summed E-state index contributed by atoms with van der Waals surface area (Å²) >= 11 is 0. The highest BCUT2D eigenvalue weighted by molar-refractivity contribution is 6.00. The summed E-state index contributed by atoms with van der Waals surface area (Å²) in [6.07, 6.45) is 8.01. The maximum atomic E-state index is 12.5. The second-order valence-corrected chi connectivity index (χ2v) is 6.80. The van der Waals surface area contributed by atoms with Crippen molar-refractivity contribution < 1.29 is 9.59 Å². The van der Waals surface area contributed by atoms with Crippen molar-refractivity contribution in [2.45, 2.75) is 51.0 Å². The van der Waals surface area contributed by atoms with Crippen LogP contribution in [-0.4, -0.2) is 42.4 Å². The molecule has 2 aliphatic rings. The quantitative estimate of drug-likeness (QED) is 0.873. The Morgan fingerprint density at radius 1 is 1.00 bits per heavy atom. The van der Waals surface area contributed by atoms with Gasteiger partial charge in [0.15, 0.2) is 0 Å². The van der Waals surface area contributed by atoms with Gasteiger partial charge in [0.2, 0.25) is 5.91 Å². The minimum atomic E-state index is -0.0562. The van der Waals surface area contributed by atoms with Crippen LogP contribution in [-0.2, 0) is 4.79 Å². The Kier molecular flexibility index (Phi) is 5.72. The van der Waals surface area contributed by atoms with Crippen LogP contribution in [0.25, 0.3) is 0 Å². The summed E-state index contributed by atoms with van der Waals surface area (Å²) < 4.78 is 0. The predicted molar refractivity (Wildman–Crippen MR) is 95.1 cm³/mol. The van der Waals surface area contributed by atoms with Gasteiger partial charge in [0, 0.05) is 24.8 Å². The molecule has 2 N–H and O–H groups in total. The number of amides is 2. The molecule has 1 saturated heterocycles. The maximum absolute atomic E-state index is 12.5. The summed E-state index contributed by atoms with van der Waals surface area (Å²) in [5.41, 5.74) is 1.35. The van der Waals surface area contributed by atoms with Crippen LogP contribution >= 0.6 is 0 Å². The Labute approximate surface area is 143 Å². The Bertz CT molecular complexity index is 576. The lowest BCUT2D eigenvalue weighted by atomic mass is 10.1. The standard InChI is InChI=1S/C19H27N3O2/c23-18(22-12-6-2-1-3-7-13-22)14-20-17-9-5-4-8-16(17)19(24)21-15-10-11-15/h4-5,8-9,15,20H,1-3,6-7,10-14H2,(H,21,24). The molecule has 24 heavy (non-hydrogen) atoms. The van der Waals surface area contributed by atoms with Gasteiger partial charge < -0.3 is 15.5 Å². The Morgan fingerprint density at radius 3 is 2.38 bits per heavy atom. The lowest BCUT2D eigenvalue weighted by Gasteiger charge is -2.25. The van der Waals surface area contributed by atoms with Gasteiger partial charge in [-0.15, -0.1) is 0 Å². The first-order chi connectivity index (χ1) is 11.7. The lowest BCUT2D eigenvalue weighted by Crippen LogP contribution is -2.38. The lowest BCUT2D eigenvalue weighted by molar-refractivity contribution is -0.129. The molecule has 1 aliphatic heterocycles. The molecule has 0 aromatic heterocycles. The normalized spacial score (nSPS) is 18.4. The monoisotopic (exact) mass is 329 g/mol. The molecule has 0 spiro atoms. The number of nitrogens with one attached hydrogen (secondary N) is 2. The molecule has 1 saturated carbocycles. The number of hydrogen-bond donors (Lipinski definition) is 2. The molecular formula is C19H27N3O2. The third-order valence-corrected chi connectivity index (χ3v) is 4.72. The van der Waals surface area contributed by atoms with Crippen LogP contribution in [0, 0.1) is 0 Å². The van der Waals surface area contributed by atoms with E-state index < -0.39 is 0 Å². The zero-order chi connectivity index (χ0) is 16.8. The van der Waals surface area contributed by atoms with Crippen molar-refractivity contribution in [1.29, 1.82) is 0 Å². The second kappa shape index (κ2) is 8.18. The van der Waals surface area contributed by atoms with Crippen molar-refractivity contribution >= 4 is 17.5 Å². The Morgan fingerprint density at radius 2 is 1.67 bits per heavy atom. The van der Waals surface area contributed by atoms with E-state index in [0.717, 1.165) is 44.5 Å². The summed E-state index contributed by atoms with van der Waals surface area (Å²) in [6.45, 7) is 1.95. The molecule has 3 rings (SSSR count). The van der Waals surface area contributed by atoms with E-state index in [1.54, 1.807) is 6.07 Å². The van der Waals surface area contributed by atoms with E-state index in [1.807, 2.05) is 23.1 Å². The van der Waals surface area contributed by atoms with Crippen molar-refractivity contribution in [3.8, 4) is 0 Å². The van der Waals surface area contributed by atoms with E-state index >= 15 is 0 Å². The van der Waals surface area contributed by atoms with Crippen LogP contribution in [0.5, 0.6) is 0 Å². The Balaban J connectivity index is 1.57. The zero-order valence-corrected chi connectivity index (χ0v) is 14.2. The van der Waals surface area contributed by atoms with Crippen molar-refractivity contribution in [3.63, 3.8) is 0 Å². The van der Waals surface area contributed by atoms with Crippen molar-refractivity contribution in [3.05, 3.63) is 29.8 Å². The number of para-hydroxylation sites is 1. The van der Waals surface area contributed by atoms with E-state index in [0.29, 0.717) is 11.6 Å². The third-order valence-electron chi connectivity index (χ3n) is 4.72. The molecule has 1 aromatic rings. The highest BCUT2D eigenvalue weighted by Gasteiger charge is 2.25. The summed E-state index contributed by atoms with van der Waals surface area (Å²) in [7, 11) is 0. The van der Waals surface area contributed by atoms with Crippen LogP contribution in [0.3, 0.4) is 0 Å². The van der Waals surface area contributed by atoms with Crippen LogP contribution in [0.15, 0.2) is 24.3 Å². The van der Waals surface area contributed by atoms with Crippen LogP contribution < -0.4 is 10.6 Å². The van der Waals surface area contributed by atoms with Gasteiger partial charge in [-0.3, -0.25) is 9.59 Å². The van der Waals surface area contributed by atoms with Crippen molar-refractivity contribution in [1.82, 2.24) is 10.2 Å². The molecule has 0 atom stereocenters. The molecule has 5 heteroatoms. The number of likely N-dealkylation sites (tertiary alicyclic amines) is 1. The third kappa shape index (κ3) is 4.73. The van der Waals surface area contributed by atoms with E-state index in [1.165, 1.54) is 19.3 Å². The smallest absolute Gasteiger partial charge is 0.253 e. The van der Waals surface area contributed by atoms with Gasteiger partial charge in [-0.1, -0.05) is 31.4 Å². The summed E-state index contributed by atoms with van der Waals surface area (Å²) in [5.74, 6) is 0.0635. The molecular weight excluding hydrogens is 302 g/mol. The van der Waals surface area contributed by atoms with Gasteiger partial charge in [-0.05, 0) is 37.8 Å². The first-order valence-corrected chi connectivity index (χ1v) is 9.15. The number of carbonyl (C=O) groups is 2. The van der Waals surface area contributed by atoms with Gasteiger partial charge in [0.1, 0.15) is 0 Å². The van der Waals surface area contributed by atoms with Gasteiger partial charge in [0.25, 0.3) is 5.91 Å². The number of rotatable bonds is 5. The van der Waals surface area contributed by atoms with Crippen LogP contribution in [0.4, 0.5) is 5.69 Å². The van der Waals surface area contributed by atoms with Gasteiger partial charge in [-0.2, -0.15) is 0 Å². The van der Waals surface area contributed by atoms with Crippen LogP contribution in [0.2, 0.25) is 0 Å². The number of benzene rings is 1. The predicted octanol–water partition coefficient (Wildman–Crippen LogP) is 2.78. The number of nitrogens with zero attached hydrogens (tertiary/aromatic N) is 1. The molecule has 2 amide bonds. The number of carbonyl (C=O) groups excluding carboxylic acids is 2. The highest BCUT2D eigenvalue weighted by Crippen LogP contribution is 2.21. The average molecular weight is 329 g/mol. The Hall–Kier alpha value is -2.04. The second-order valence-electron chi connectivity index (χ2n) is 6.80. The van der Waals surface area contributed by atoms with E-state index in [-0.39, 0.29) is 18.4 Å². The van der Waals surface area contributed by atoms with E-state index in [9.17, 15) is 9.59 Å². The molecule has 5 nitrogen and oxygen atoms in total. The van der Waals surface area contributed by atoms with E-state index in [2.05, 4.69) is 10.6 Å².